The molecule has 0 saturated carbocycles. The summed E-state index contributed by atoms with van der Waals surface area (Å²) in [6.07, 6.45) is 0.485. The third-order valence-corrected chi connectivity index (χ3v) is 5.03. The van der Waals surface area contributed by atoms with Gasteiger partial charge in [0.15, 0.2) is 5.82 Å². The first-order valence-electron chi connectivity index (χ1n) is 10.8. The van der Waals surface area contributed by atoms with E-state index in [2.05, 4.69) is 15.5 Å². The SMILES string of the molecule is CC(C)n1nnnc1C(C=CC(O)CC(=O)CC(=O)O)=C(c1ccc(F)cc1)c1ccc(F)cc1. The molecule has 1 heterocycles. The van der Waals surface area contributed by atoms with Crippen molar-refractivity contribution in [3.05, 3.63) is 89.3 Å². The van der Waals surface area contributed by atoms with Crippen LogP contribution in [0.5, 0.6) is 0 Å². The summed E-state index contributed by atoms with van der Waals surface area (Å²) < 4.78 is 28.9. The number of rotatable bonds is 10. The number of carbonyl (C=O) groups is 2. The summed E-state index contributed by atoms with van der Waals surface area (Å²) in [7, 11) is 0. The molecule has 0 amide bonds. The molecule has 2 aromatic carbocycles. The first kappa shape index (κ1) is 25.6. The number of aliphatic hydroxyl groups excluding tert-OH is 1. The number of ketones is 1. The molecule has 2 N–H and O–H groups in total. The van der Waals surface area contributed by atoms with E-state index in [4.69, 9.17) is 5.11 Å². The average Bonchev–Trinajstić information content (AvgIpc) is 3.28. The zero-order valence-electron chi connectivity index (χ0n) is 19.1. The van der Waals surface area contributed by atoms with Crippen molar-refractivity contribution < 1.29 is 28.6 Å². The number of carbonyl (C=O) groups excluding carboxylic acids is 1. The number of nitrogens with zero attached hydrogens (tertiary/aromatic N) is 4. The number of aliphatic carboxylic acids is 1. The minimum Gasteiger partial charge on any atom is -0.481 e. The lowest BCUT2D eigenvalue weighted by Crippen LogP contribution is -2.14. The number of aromatic nitrogens is 4. The molecule has 3 aromatic rings. The van der Waals surface area contributed by atoms with E-state index in [0.717, 1.165) is 0 Å². The normalized spacial score (nSPS) is 12.2. The highest BCUT2D eigenvalue weighted by Gasteiger charge is 2.20. The van der Waals surface area contributed by atoms with Crippen LogP contribution in [0.3, 0.4) is 0 Å². The summed E-state index contributed by atoms with van der Waals surface area (Å²) in [6, 6.07) is 11.2. The molecule has 35 heavy (non-hydrogen) atoms. The quantitative estimate of drug-likeness (QED) is 0.333. The number of allylic oxidation sites excluding steroid dienone is 2. The van der Waals surface area contributed by atoms with Crippen LogP contribution in [0.25, 0.3) is 11.1 Å². The Morgan fingerprint density at radius 2 is 1.54 bits per heavy atom. The third kappa shape index (κ3) is 6.73. The third-order valence-electron chi connectivity index (χ3n) is 5.03. The predicted octanol–water partition coefficient (Wildman–Crippen LogP) is 3.84. The average molecular weight is 482 g/mol. The number of hydrogen-bond donors (Lipinski definition) is 2. The van der Waals surface area contributed by atoms with Crippen molar-refractivity contribution in [2.45, 2.75) is 38.8 Å². The maximum absolute atomic E-state index is 13.7. The van der Waals surface area contributed by atoms with E-state index in [0.29, 0.717) is 28.1 Å². The van der Waals surface area contributed by atoms with Crippen molar-refractivity contribution in [1.29, 1.82) is 0 Å². The number of tetrazole rings is 1. The maximum atomic E-state index is 13.7. The van der Waals surface area contributed by atoms with Crippen LogP contribution in [-0.2, 0) is 9.59 Å². The van der Waals surface area contributed by atoms with E-state index < -0.39 is 42.3 Å². The molecule has 0 radical (unpaired) electrons. The van der Waals surface area contributed by atoms with Gasteiger partial charge in [0, 0.05) is 12.0 Å². The first-order chi connectivity index (χ1) is 16.7. The number of hydrogen-bond acceptors (Lipinski definition) is 6. The molecule has 0 spiro atoms. The molecule has 0 bridgehead atoms. The number of carboxylic acids is 1. The molecule has 1 aromatic heterocycles. The fourth-order valence-corrected chi connectivity index (χ4v) is 3.45. The Morgan fingerprint density at radius 3 is 2.03 bits per heavy atom. The van der Waals surface area contributed by atoms with Crippen LogP contribution in [0.15, 0.2) is 60.7 Å². The lowest BCUT2D eigenvalue weighted by atomic mass is 9.91. The van der Waals surface area contributed by atoms with Gasteiger partial charge in [0.25, 0.3) is 0 Å². The molecule has 0 aliphatic rings. The van der Waals surface area contributed by atoms with Gasteiger partial charge in [-0.25, -0.2) is 13.5 Å². The van der Waals surface area contributed by atoms with Crippen molar-refractivity contribution in [3.8, 4) is 0 Å². The standard InChI is InChI=1S/C25H24F2N4O4/c1-15(2)31-25(28-29-30-31)22(12-11-20(32)13-21(33)14-23(34)35)24(16-3-7-18(26)8-4-16)17-5-9-19(27)10-6-17/h3-12,15,20,32H,13-14H2,1-2H3,(H,34,35). The highest BCUT2D eigenvalue weighted by Crippen LogP contribution is 2.33. The second-order valence-electron chi connectivity index (χ2n) is 8.08. The minimum absolute atomic E-state index is 0.145. The van der Waals surface area contributed by atoms with Crippen LogP contribution in [0.1, 0.15) is 49.7 Å². The van der Waals surface area contributed by atoms with E-state index in [-0.39, 0.29) is 6.04 Å². The molecule has 3 rings (SSSR count). The van der Waals surface area contributed by atoms with Crippen molar-refractivity contribution in [3.63, 3.8) is 0 Å². The van der Waals surface area contributed by atoms with Gasteiger partial charge in [-0.1, -0.05) is 36.4 Å². The van der Waals surface area contributed by atoms with E-state index in [1.54, 1.807) is 28.9 Å². The Morgan fingerprint density at radius 1 is 1.00 bits per heavy atom. The fraction of sp³-hybridized carbons (Fsp3) is 0.240. The largest absolute Gasteiger partial charge is 0.481 e. The molecule has 8 nitrogen and oxygen atoms in total. The lowest BCUT2D eigenvalue weighted by Gasteiger charge is -2.16. The Hall–Kier alpha value is -4.05. The van der Waals surface area contributed by atoms with Gasteiger partial charge in [0.05, 0.1) is 12.1 Å². The van der Waals surface area contributed by atoms with Crippen LogP contribution < -0.4 is 0 Å². The highest BCUT2D eigenvalue weighted by atomic mass is 19.1. The van der Waals surface area contributed by atoms with Crippen LogP contribution >= 0.6 is 0 Å². The van der Waals surface area contributed by atoms with Gasteiger partial charge in [-0.15, -0.1) is 5.10 Å². The summed E-state index contributed by atoms with van der Waals surface area (Å²) in [6.45, 7) is 3.74. The number of benzene rings is 2. The molecule has 0 aliphatic heterocycles. The van der Waals surface area contributed by atoms with Gasteiger partial charge in [-0.2, -0.15) is 0 Å². The molecular weight excluding hydrogens is 458 g/mol. The monoisotopic (exact) mass is 482 g/mol. The van der Waals surface area contributed by atoms with Gasteiger partial charge in [-0.3, -0.25) is 9.59 Å². The molecule has 182 valence electrons. The molecule has 0 saturated heterocycles. The smallest absolute Gasteiger partial charge is 0.310 e. The number of halogens is 2. The van der Waals surface area contributed by atoms with Gasteiger partial charge in [-0.05, 0) is 65.2 Å². The maximum Gasteiger partial charge on any atom is 0.310 e. The van der Waals surface area contributed by atoms with Crippen molar-refractivity contribution in [2.24, 2.45) is 0 Å². The topological polar surface area (TPSA) is 118 Å². The molecule has 0 aliphatic carbocycles. The molecule has 0 fully saturated rings. The van der Waals surface area contributed by atoms with Gasteiger partial charge in [0.1, 0.15) is 23.8 Å². The second kappa shape index (κ2) is 11.4. The van der Waals surface area contributed by atoms with Crippen molar-refractivity contribution in [1.82, 2.24) is 20.2 Å². The number of aliphatic hydroxyl groups is 1. The second-order valence-corrected chi connectivity index (χ2v) is 8.08. The van der Waals surface area contributed by atoms with E-state index in [9.17, 15) is 23.5 Å². The molecule has 1 atom stereocenters. The summed E-state index contributed by atoms with van der Waals surface area (Å²) in [5.74, 6) is -2.47. The van der Waals surface area contributed by atoms with Crippen LogP contribution in [0.2, 0.25) is 0 Å². The molecular formula is C25H24F2N4O4. The summed E-state index contributed by atoms with van der Waals surface area (Å²) in [5.41, 5.74) is 2.11. The fourth-order valence-electron chi connectivity index (χ4n) is 3.45. The molecule has 10 heteroatoms. The first-order valence-corrected chi connectivity index (χ1v) is 10.8. The van der Waals surface area contributed by atoms with Gasteiger partial charge >= 0.3 is 5.97 Å². The Kier molecular flexibility index (Phi) is 8.32. The van der Waals surface area contributed by atoms with Gasteiger partial charge < -0.3 is 10.2 Å². The molecule has 1 unspecified atom stereocenters. The van der Waals surface area contributed by atoms with E-state index in [1.165, 1.54) is 36.4 Å². The zero-order valence-corrected chi connectivity index (χ0v) is 19.1. The van der Waals surface area contributed by atoms with E-state index in [1.807, 2.05) is 13.8 Å². The summed E-state index contributed by atoms with van der Waals surface area (Å²) in [4.78, 5) is 22.6. The zero-order chi connectivity index (χ0) is 25.5. The van der Waals surface area contributed by atoms with Crippen molar-refractivity contribution in [2.75, 3.05) is 0 Å². The van der Waals surface area contributed by atoms with E-state index >= 15 is 0 Å². The number of carboxylic acid groups (broad SMARTS) is 1. The van der Waals surface area contributed by atoms with Crippen molar-refractivity contribution >= 4 is 22.9 Å². The Bertz CT molecular complexity index is 1200. The Labute approximate surface area is 200 Å². The predicted molar refractivity (Wildman–Crippen MR) is 124 cm³/mol. The van der Waals surface area contributed by atoms with Crippen LogP contribution in [-0.4, -0.2) is 48.3 Å². The Balaban J connectivity index is 2.20. The highest BCUT2D eigenvalue weighted by molar-refractivity contribution is 6.01. The number of Topliss-reactive ketones (excluding diaryl/α,β-unsaturated/α-hetero) is 1. The summed E-state index contributed by atoms with van der Waals surface area (Å²) >= 11 is 0. The van der Waals surface area contributed by atoms with Gasteiger partial charge in [0.2, 0.25) is 0 Å². The summed E-state index contributed by atoms with van der Waals surface area (Å²) in [5, 5.41) is 31.1. The minimum atomic E-state index is -1.28. The lowest BCUT2D eigenvalue weighted by molar-refractivity contribution is -0.140. The van der Waals surface area contributed by atoms with Crippen LogP contribution in [0, 0.1) is 11.6 Å². The van der Waals surface area contributed by atoms with Crippen LogP contribution in [0.4, 0.5) is 8.78 Å².